The topological polar surface area (TPSA) is 32.3 Å². The largest absolute Gasteiger partial charge is 0.371 e. The minimum Gasteiger partial charge on any atom is -0.371 e. The van der Waals surface area contributed by atoms with E-state index >= 15 is 0 Å². The summed E-state index contributed by atoms with van der Waals surface area (Å²) in [5.74, 6) is 0. The smallest absolute Gasteiger partial charge is 0.153 e. The Labute approximate surface area is 108 Å². The van der Waals surface area contributed by atoms with Gasteiger partial charge in [0.05, 0.1) is 11.9 Å². The molecule has 0 amide bonds. The molecular formula is C12H19ClN4. The highest BCUT2D eigenvalue weighted by Gasteiger charge is 2.39. The number of hydrogen-bond donors (Lipinski definition) is 0. The Hall–Kier alpha value is -0.870. The molecule has 94 valence electrons. The molecule has 4 nitrogen and oxygen atoms in total. The van der Waals surface area contributed by atoms with Crippen LogP contribution in [0.2, 0.25) is 5.15 Å². The van der Waals surface area contributed by atoms with E-state index in [2.05, 4.69) is 41.1 Å². The Morgan fingerprint density at radius 2 is 2.06 bits per heavy atom. The second kappa shape index (κ2) is 4.78. The van der Waals surface area contributed by atoms with Crippen LogP contribution in [0.5, 0.6) is 0 Å². The molecule has 5 heteroatoms. The van der Waals surface area contributed by atoms with E-state index < -0.39 is 0 Å². The van der Waals surface area contributed by atoms with Crippen LogP contribution >= 0.6 is 11.6 Å². The summed E-state index contributed by atoms with van der Waals surface area (Å²) in [5, 5.41) is 8.10. The van der Waals surface area contributed by atoms with Crippen molar-refractivity contribution in [3.05, 3.63) is 17.4 Å². The Morgan fingerprint density at radius 3 is 2.53 bits per heavy atom. The van der Waals surface area contributed by atoms with E-state index in [0.717, 1.165) is 12.2 Å². The molecule has 0 spiro atoms. The van der Waals surface area contributed by atoms with Crippen LogP contribution in [0.4, 0.5) is 5.69 Å². The molecule has 0 unspecified atom stereocenters. The Bertz CT molecular complexity index is 390. The number of halogens is 1. The third-order valence-electron chi connectivity index (χ3n) is 3.82. The predicted octanol–water partition coefficient (Wildman–Crippen LogP) is 2.05. The first-order valence-electron chi connectivity index (χ1n) is 5.90. The summed E-state index contributed by atoms with van der Waals surface area (Å²) in [6, 6.07) is 1.86. The molecule has 0 atom stereocenters. The van der Waals surface area contributed by atoms with Gasteiger partial charge in [0.2, 0.25) is 0 Å². The van der Waals surface area contributed by atoms with Crippen molar-refractivity contribution in [2.24, 2.45) is 0 Å². The van der Waals surface area contributed by atoms with Crippen molar-refractivity contribution in [2.75, 3.05) is 32.6 Å². The average Bonchev–Trinajstić information content (AvgIpc) is 2.22. The molecule has 0 N–H and O–H groups in total. The minimum absolute atomic E-state index is 0.310. The first-order valence-corrected chi connectivity index (χ1v) is 6.28. The highest BCUT2D eigenvalue weighted by Crippen LogP contribution is 2.37. The van der Waals surface area contributed by atoms with Gasteiger partial charge in [0.15, 0.2) is 5.15 Å². The van der Waals surface area contributed by atoms with Crippen LogP contribution < -0.4 is 4.90 Å². The SMILES string of the molecule is CN(CC1(N(C)C)CCC1)c1cnnc(Cl)c1. The summed E-state index contributed by atoms with van der Waals surface area (Å²) >= 11 is 5.86. The maximum Gasteiger partial charge on any atom is 0.153 e. The van der Waals surface area contributed by atoms with Gasteiger partial charge in [-0.05, 0) is 33.4 Å². The molecule has 1 aliphatic rings. The lowest BCUT2D eigenvalue weighted by molar-refractivity contribution is 0.0683. The van der Waals surface area contributed by atoms with E-state index in [9.17, 15) is 0 Å². The van der Waals surface area contributed by atoms with Crippen molar-refractivity contribution in [3.63, 3.8) is 0 Å². The van der Waals surface area contributed by atoms with Gasteiger partial charge in [-0.15, -0.1) is 5.10 Å². The van der Waals surface area contributed by atoms with Gasteiger partial charge in [0.1, 0.15) is 0 Å². The van der Waals surface area contributed by atoms with Gasteiger partial charge >= 0.3 is 0 Å². The van der Waals surface area contributed by atoms with E-state index in [0.29, 0.717) is 10.7 Å². The summed E-state index contributed by atoms with van der Waals surface area (Å²) < 4.78 is 0. The average molecular weight is 255 g/mol. The van der Waals surface area contributed by atoms with E-state index in [1.165, 1.54) is 19.3 Å². The molecule has 0 aromatic carbocycles. The number of rotatable bonds is 4. The van der Waals surface area contributed by atoms with Gasteiger partial charge in [-0.25, -0.2) is 0 Å². The van der Waals surface area contributed by atoms with Gasteiger partial charge in [-0.3, -0.25) is 0 Å². The maximum atomic E-state index is 5.86. The fraction of sp³-hybridized carbons (Fsp3) is 0.667. The monoisotopic (exact) mass is 254 g/mol. The Balaban J connectivity index is 2.08. The lowest BCUT2D eigenvalue weighted by atomic mass is 9.75. The summed E-state index contributed by atoms with van der Waals surface area (Å²) in [6.45, 7) is 1.00. The first-order chi connectivity index (χ1) is 8.03. The van der Waals surface area contributed by atoms with Crippen molar-refractivity contribution in [3.8, 4) is 0 Å². The highest BCUT2D eigenvalue weighted by molar-refractivity contribution is 6.29. The standard InChI is InChI=1S/C12H19ClN4/c1-16(2)12(5-4-6-12)9-17(3)10-7-11(13)15-14-8-10/h7-8H,4-6,9H2,1-3H3. The van der Waals surface area contributed by atoms with Crippen LogP contribution in [0.1, 0.15) is 19.3 Å². The van der Waals surface area contributed by atoms with E-state index in [1.54, 1.807) is 6.20 Å². The fourth-order valence-electron chi connectivity index (χ4n) is 2.40. The summed E-state index contributed by atoms with van der Waals surface area (Å²) in [7, 11) is 6.40. The van der Waals surface area contributed by atoms with Crippen molar-refractivity contribution >= 4 is 17.3 Å². The molecule has 1 aliphatic carbocycles. The molecule has 0 radical (unpaired) electrons. The molecule has 2 rings (SSSR count). The van der Waals surface area contributed by atoms with Crippen LogP contribution in [0.3, 0.4) is 0 Å². The number of aromatic nitrogens is 2. The van der Waals surface area contributed by atoms with Gasteiger partial charge in [-0.2, -0.15) is 5.10 Å². The first kappa shape index (κ1) is 12.6. The van der Waals surface area contributed by atoms with E-state index in [-0.39, 0.29) is 0 Å². The molecule has 0 aliphatic heterocycles. The lowest BCUT2D eigenvalue weighted by Gasteiger charge is -2.49. The zero-order valence-electron chi connectivity index (χ0n) is 10.6. The quantitative estimate of drug-likeness (QED) is 0.823. The van der Waals surface area contributed by atoms with Crippen LogP contribution in [-0.4, -0.2) is 48.3 Å². The number of hydrogen-bond acceptors (Lipinski definition) is 4. The zero-order chi connectivity index (χ0) is 12.5. The third-order valence-corrected chi connectivity index (χ3v) is 4.00. The zero-order valence-corrected chi connectivity index (χ0v) is 11.4. The van der Waals surface area contributed by atoms with Crippen molar-refractivity contribution in [2.45, 2.75) is 24.8 Å². The molecular weight excluding hydrogens is 236 g/mol. The highest BCUT2D eigenvalue weighted by atomic mass is 35.5. The normalized spacial score (nSPS) is 17.9. The van der Waals surface area contributed by atoms with E-state index in [1.807, 2.05) is 6.07 Å². The van der Waals surface area contributed by atoms with Gasteiger partial charge < -0.3 is 9.80 Å². The maximum absolute atomic E-state index is 5.86. The number of nitrogens with zero attached hydrogens (tertiary/aromatic N) is 4. The molecule has 0 saturated heterocycles. The predicted molar refractivity (Wildman–Crippen MR) is 70.6 cm³/mol. The molecule has 17 heavy (non-hydrogen) atoms. The second-order valence-corrected chi connectivity index (χ2v) is 5.45. The molecule has 0 bridgehead atoms. The van der Waals surface area contributed by atoms with Crippen LogP contribution in [0, 0.1) is 0 Å². The molecule has 1 heterocycles. The van der Waals surface area contributed by atoms with Gasteiger partial charge in [0.25, 0.3) is 0 Å². The number of anilines is 1. The lowest BCUT2D eigenvalue weighted by Crippen LogP contribution is -2.56. The second-order valence-electron chi connectivity index (χ2n) is 5.06. The molecule has 1 saturated carbocycles. The van der Waals surface area contributed by atoms with Crippen molar-refractivity contribution < 1.29 is 0 Å². The summed E-state index contributed by atoms with van der Waals surface area (Å²) in [5.41, 5.74) is 1.34. The molecule has 1 aromatic heterocycles. The van der Waals surface area contributed by atoms with Crippen LogP contribution in [0.15, 0.2) is 12.3 Å². The van der Waals surface area contributed by atoms with Gasteiger partial charge in [-0.1, -0.05) is 11.6 Å². The van der Waals surface area contributed by atoms with Crippen molar-refractivity contribution in [1.82, 2.24) is 15.1 Å². The Kier molecular flexibility index (Phi) is 3.54. The van der Waals surface area contributed by atoms with E-state index in [4.69, 9.17) is 11.6 Å². The van der Waals surface area contributed by atoms with Crippen LogP contribution in [0.25, 0.3) is 0 Å². The minimum atomic E-state index is 0.310. The molecule has 1 aromatic rings. The van der Waals surface area contributed by atoms with Crippen molar-refractivity contribution in [1.29, 1.82) is 0 Å². The fourth-order valence-corrected chi connectivity index (χ4v) is 2.56. The summed E-state index contributed by atoms with van der Waals surface area (Å²) in [4.78, 5) is 4.54. The Morgan fingerprint density at radius 1 is 1.35 bits per heavy atom. The summed E-state index contributed by atoms with van der Waals surface area (Å²) in [6.07, 6.45) is 5.60. The number of likely N-dealkylation sites (N-methyl/N-ethyl adjacent to an activating group) is 2. The van der Waals surface area contributed by atoms with Crippen LogP contribution in [-0.2, 0) is 0 Å². The third kappa shape index (κ3) is 2.53. The molecule has 1 fully saturated rings. The van der Waals surface area contributed by atoms with Gasteiger partial charge in [0, 0.05) is 25.2 Å².